The van der Waals surface area contributed by atoms with Gasteiger partial charge in [-0.3, -0.25) is 14.9 Å². The number of amides is 2. The summed E-state index contributed by atoms with van der Waals surface area (Å²) in [5.74, 6) is 2.04. The van der Waals surface area contributed by atoms with Crippen LogP contribution in [0.25, 0.3) is 11.5 Å². The predicted octanol–water partition coefficient (Wildman–Crippen LogP) is 5.08. The molecule has 0 saturated heterocycles. The van der Waals surface area contributed by atoms with E-state index in [0.29, 0.717) is 46.0 Å². The number of thiazole rings is 1. The molecule has 0 unspecified atom stereocenters. The second kappa shape index (κ2) is 9.27. The van der Waals surface area contributed by atoms with Crippen molar-refractivity contribution < 1.29 is 18.7 Å². The minimum atomic E-state index is -0.287. The molecule has 0 saturated carbocycles. The van der Waals surface area contributed by atoms with Crippen molar-refractivity contribution in [2.24, 2.45) is 0 Å². The molecule has 0 aliphatic heterocycles. The molecule has 0 radical (unpaired) electrons. The number of nitrogens with zero attached hydrogens (tertiary/aromatic N) is 1. The van der Waals surface area contributed by atoms with E-state index in [1.54, 1.807) is 41.8 Å². The number of furan rings is 1. The molecule has 4 aromatic rings. The van der Waals surface area contributed by atoms with Crippen molar-refractivity contribution in [2.75, 3.05) is 5.32 Å². The SMILES string of the molecule is CC(=O)NCc1ccc(-c2csc(NC(=O)c3cccc(Oc4ccccc4)c3)n2)o1. The molecular formula is C23H19N3O4S. The molecule has 0 aliphatic carbocycles. The molecule has 0 bridgehead atoms. The van der Waals surface area contributed by atoms with E-state index >= 15 is 0 Å². The summed E-state index contributed by atoms with van der Waals surface area (Å²) in [5.41, 5.74) is 1.07. The first-order chi connectivity index (χ1) is 15.1. The van der Waals surface area contributed by atoms with Crippen LogP contribution < -0.4 is 15.4 Å². The van der Waals surface area contributed by atoms with Crippen molar-refractivity contribution in [1.82, 2.24) is 10.3 Å². The molecule has 8 heteroatoms. The van der Waals surface area contributed by atoms with Gasteiger partial charge in [0.05, 0.1) is 6.54 Å². The molecule has 4 rings (SSSR count). The number of carbonyl (C=O) groups is 2. The lowest BCUT2D eigenvalue weighted by Gasteiger charge is -2.07. The van der Waals surface area contributed by atoms with Crippen molar-refractivity contribution in [3.8, 4) is 23.0 Å². The first-order valence-corrected chi connectivity index (χ1v) is 10.4. The highest BCUT2D eigenvalue weighted by molar-refractivity contribution is 7.14. The maximum Gasteiger partial charge on any atom is 0.257 e. The number of rotatable bonds is 7. The van der Waals surface area contributed by atoms with Gasteiger partial charge in [-0.15, -0.1) is 11.3 Å². The zero-order valence-corrected chi connectivity index (χ0v) is 17.4. The van der Waals surface area contributed by atoms with Crippen LogP contribution in [-0.4, -0.2) is 16.8 Å². The Morgan fingerprint density at radius 2 is 1.84 bits per heavy atom. The molecule has 0 atom stereocenters. The van der Waals surface area contributed by atoms with Crippen molar-refractivity contribution in [2.45, 2.75) is 13.5 Å². The van der Waals surface area contributed by atoms with Gasteiger partial charge in [-0.1, -0.05) is 24.3 Å². The van der Waals surface area contributed by atoms with Crippen LogP contribution in [0.1, 0.15) is 23.0 Å². The number of carbonyl (C=O) groups excluding carboxylic acids is 2. The molecule has 0 spiro atoms. The Labute approximate surface area is 182 Å². The van der Waals surface area contributed by atoms with Gasteiger partial charge < -0.3 is 14.5 Å². The van der Waals surface area contributed by atoms with E-state index in [1.165, 1.54) is 18.3 Å². The second-order valence-electron chi connectivity index (χ2n) is 6.61. The predicted molar refractivity (Wildman–Crippen MR) is 118 cm³/mol. The third-order valence-corrected chi connectivity index (χ3v) is 4.98. The number of hydrogen-bond donors (Lipinski definition) is 2. The monoisotopic (exact) mass is 433 g/mol. The van der Waals surface area contributed by atoms with E-state index in [1.807, 2.05) is 30.3 Å². The van der Waals surface area contributed by atoms with Crippen LogP contribution in [0.15, 0.2) is 76.5 Å². The number of aromatic nitrogens is 1. The summed E-state index contributed by atoms with van der Waals surface area (Å²) in [4.78, 5) is 28.1. The van der Waals surface area contributed by atoms with Crippen LogP contribution in [0.5, 0.6) is 11.5 Å². The van der Waals surface area contributed by atoms with Gasteiger partial charge >= 0.3 is 0 Å². The minimum absolute atomic E-state index is 0.130. The number of anilines is 1. The number of para-hydroxylation sites is 1. The third kappa shape index (κ3) is 5.37. The lowest BCUT2D eigenvalue weighted by Crippen LogP contribution is -2.18. The summed E-state index contributed by atoms with van der Waals surface area (Å²) in [5, 5.41) is 7.73. The average molecular weight is 433 g/mol. The third-order valence-electron chi connectivity index (χ3n) is 4.23. The van der Waals surface area contributed by atoms with Crippen molar-refractivity contribution >= 4 is 28.3 Å². The van der Waals surface area contributed by atoms with Crippen LogP contribution in [0.4, 0.5) is 5.13 Å². The van der Waals surface area contributed by atoms with E-state index in [-0.39, 0.29) is 11.8 Å². The molecule has 0 fully saturated rings. The van der Waals surface area contributed by atoms with E-state index in [4.69, 9.17) is 9.15 Å². The summed E-state index contributed by atoms with van der Waals surface area (Å²) in [6.07, 6.45) is 0. The normalized spacial score (nSPS) is 10.5. The van der Waals surface area contributed by atoms with Crippen molar-refractivity contribution in [3.63, 3.8) is 0 Å². The number of hydrogen-bond acceptors (Lipinski definition) is 6. The highest BCUT2D eigenvalue weighted by Gasteiger charge is 2.13. The Bertz CT molecular complexity index is 1200. The maximum absolute atomic E-state index is 12.7. The average Bonchev–Trinajstić information content (AvgIpc) is 3.43. The molecular weight excluding hydrogens is 414 g/mol. The van der Waals surface area contributed by atoms with Crippen molar-refractivity contribution in [1.29, 1.82) is 0 Å². The van der Waals surface area contributed by atoms with Gasteiger partial charge in [-0.25, -0.2) is 4.98 Å². The summed E-state index contributed by atoms with van der Waals surface area (Å²) >= 11 is 1.30. The number of ether oxygens (including phenoxy) is 1. The van der Waals surface area contributed by atoms with Crippen LogP contribution in [0.2, 0.25) is 0 Å². The molecule has 7 nitrogen and oxygen atoms in total. The van der Waals surface area contributed by atoms with E-state index in [9.17, 15) is 9.59 Å². The van der Waals surface area contributed by atoms with Gasteiger partial charge in [0.25, 0.3) is 5.91 Å². The fourth-order valence-electron chi connectivity index (χ4n) is 2.76. The van der Waals surface area contributed by atoms with Crippen LogP contribution in [0.3, 0.4) is 0 Å². The summed E-state index contributed by atoms with van der Waals surface area (Å²) in [6.45, 7) is 1.76. The van der Waals surface area contributed by atoms with Gasteiger partial charge in [0, 0.05) is 17.9 Å². The van der Waals surface area contributed by atoms with Gasteiger partial charge in [0.2, 0.25) is 5.91 Å². The molecule has 2 aromatic heterocycles. The van der Waals surface area contributed by atoms with E-state index in [2.05, 4.69) is 15.6 Å². The fraction of sp³-hybridized carbons (Fsp3) is 0.0870. The van der Waals surface area contributed by atoms with Gasteiger partial charge in [-0.2, -0.15) is 0 Å². The quantitative estimate of drug-likeness (QED) is 0.424. The summed E-state index contributed by atoms with van der Waals surface area (Å²) in [6, 6.07) is 19.9. The molecule has 0 aliphatic rings. The Hall–Kier alpha value is -3.91. The largest absolute Gasteiger partial charge is 0.458 e. The molecule has 2 heterocycles. The molecule has 2 aromatic carbocycles. The van der Waals surface area contributed by atoms with Gasteiger partial charge in [-0.05, 0) is 42.5 Å². The second-order valence-corrected chi connectivity index (χ2v) is 7.47. The Kier molecular flexibility index (Phi) is 6.09. The van der Waals surface area contributed by atoms with Crippen LogP contribution >= 0.6 is 11.3 Å². The topological polar surface area (TPSA) is 93.5 Å². The fourth-order valence-corrected chi connectivity index (χ4v) is 3.46. The minimum Gasteiger partial charge on any atom is -0.458 e. The van der Waals surface area contributed by atoms with Gasteiger partial charge in [0.15, 0.2) is 10.9 Å². The molecule has 2 N–H and O–H groups in total. The number of benzene rings is 2. The lowest BCUT2D eigenvalue weighted by atomic mass is 10.2. The van der Waals surface area contributed by atoms with Crippen LogP contribution in [-0.2, 0) is 11.3 Å². The van der Waals surface area contributed by atoms with Gasteiger partial charge in [0.1, 0.15) is 23.0 Å². The molecule has 31 heavy (non-hydrogen) atoms. The first-order valence-electron chi connectivity index (χ1n) is 9.50. The van der Waals surface area contributed by atoms with E-state index < -0.39 is 0 Å². The first kappa shape index (κ1) is 20.4. The maximum atomic E-state index is 12.7. The zero-order valence-electron chi connectivity index (χ0n) is 16.6. The molecule has 2 amide bonds. The highest BCUT2D eigenvalue weighted by atomic mass is 32.1. The highest BCUT2D eigenvalue weighted by Crippen LogP contribution is 2.27. The smallest absolute Gasteiger partial charge is 0.257 e. The Morgan fingerprint density at radius 3 is 2.65 bits per heavy atom. The lowest BCUT2D eigenvalue weighted by molar-refractivity contribution is -0.119. The number of nitrogens with one attached hydrogen (secondary N) is 2. The zero-order chi connectivity index (χ0) is 21.6. The van der Waals surface area contributed by atoms with Crippen molar-refractivity contribution in [3.05, 3.63) is 83.4 Å². The Balaban J connectivity index is 1.41. The Morgan fingerprint density at radius 1 is 1.03 bits per heavy atom. The standard InChI is InChI=1S/C23H19N3O4S/c1-15(27)24-13-19-10-11-21(30-19)20-14-31-23(25-20)26-22(28)16-6-5-9-18(12-16)29-17-7-3-2-4-8-17/h2-12,14H,13H2,1H3,(H,24,27)(H,25,26,28). The van der Waals surface area contributed by atoms with Crippen LogP contribution in [0, 0.1) is 0 Å². The summed E-state index contributed by atoms with van der Waals surface area (Å²) in [7, 11) is 0. The van der Waals surface area contributed by atoms with E-state index in [0.717, 1.165) is 0 Å². The molecule has 156 valence electrons. The summed E-state index contributed by atoms with van der Waals surface area (Å²) < 4.78 is 11.5.